The van der Waals surface area contributed by atoms with Crippen LogP contribution in [0, 0.1) is 0 Å². The van der Waals surface area contributed by atoms with Gasteiger partial charge in [-0.05, 0) is 12.1 Å². The summed E-state index contributed by atoms with van der Waals surface area (Å²) in [4.78, 5) is 14.2. The van der Waals surface area contributed by atoms with Crippen LogP contribution >= 0.6 is 0 Å². The van der Waals surface area contributed by atoms with E-state index in [0.717, 1.165) is 10.9 Å². The molecule has 1 aromatic carbocycles. The molecule has 0 saturated heterocycles. The molecular weight excluding hydrogens is 246 g/mol. The molecule has 0 atom stereocenters. The predicted molar refractivity (Wildman–Crippen MR) is 69.4 cm³/mol. The molecular formula is C13H11N3O3. The number of para-hydroxylation sites is 1. The Morgan fingerprint density at radius 2 is 2.26 bits per heavy atom. The summed E-state index contributed by atoms with van der Waals surface area (Å²) < 4.78 is 5.26. The number of hydrogen-bond donors (Lipinski definition) is 3. The highest BCUT2D eigenvalue weighted by atomic mass is 16.5. The lowest BCUT2D eigenvalue weighted by Gasteiger charge is -2.00. The fourth-order valence-electron chi connectivity index (χ4n) is 2.09. The number of H-pyrrole nitrogens is 2. The molecule has 0 fully saturated rings. The molecule has 0 spiro atoms. The van der Waals surface area contributed by atoms with E-state index < -0.39 is 5.97 Å². The molecule has 0 unspecified atom stereocenters. The van der Waals surface area contributed by atoms with E-state index in [2.05, 4.69) is 15.2 Å². The number of hydrogen-bond acceptors (Lipinski definition) is 3. The van der Waals surface area contributed by atoms with E-state index in [9.17, 15) is 4.79 Å². The van der Waals surface area contributed by atoms with Crippen molar-refractivity contribution in [2.45, 2.75) is 0 Å². The zero-order valence-electron chi connectivity index (χ0n) is 10.1. The van der Waals surface area contributed by atoms with Crippen molar-refractivity contribution in [3.63, 3.8) is 0 Å². The number of carbonyl (C=O) groups is 1. The molecule has 0 aliphatic carbocycles. The quantitative estimate of drug-likeness (QED) is 0.671. The minimum absolute atomic E-state index is 0.130. The van der Waals surface area contributed by atoms with E-state index >= 15 is 0 Å². The van der Waals surface area contributed by atoms with Gasteiger partial charge in [-0.1, -0.05) is 12.1 Å². The maximum Gasteiger partial charge on any atom is 0.339 e. The van der Waals surface area contributed by atoms with Crippen molar-refractivity contribution in [2.75, 3.05) is 7.11 Å². The SMILES string of the molecule is COc1cccc2cc(-c3[nH]ncc3C(=O)O)[nH]c12. The Balaban J connectivity index is 2.21. The first-order chi connectivity index (χ1) is 9.20. The van der Waals surface area contributed by atoms with Gasteiger partial charge in [-0.15, -0.1) is 0 Å². The molecule has 3 rings (SSSR count). The number of aromatic nitrogens is 3. The van der Waals surface area contributed by atoms with Gasteiger partial charge in [0, 0.05) is 5.39 Å². The van der Waals surface area contributed by atoms with Crippen LogP contribution in [0.5, 0.6) is 5.75 Å². The minimum atomic E-state index is -1.02. The number of rotatable bonds is 3. The van der Waals surface area contributed by atoms with Gasteiger partial charge in [-0.2, -0.15) is 5.10 Å². The molecule has 0 amide bonds. The van der Waals surface area contributed by atoms with Crippen LogP contribution in [-0.2, 0) is 0 Å². The van der Waals surface area contributed by atoms with Crippen molar-refractivity contribution in [1.29, 1.82) is 0 Å². The van der Waals surface area contributed by atoms with E-state index in [1.807, 2.05) is 24.3 Å². The Kier molecular flexibility index (Phi) is 2.49. The van der Waals surface area contributed by atoms with Gasteiger partial charge in [-0.3, -0.25) is 5.10 Å². The number of nitrogens with one attached hydrogen (secondary N) is 2. The number of methoxy groups -OCH3 is 1. The zero-order valence-corrected chi connectivity index (χ0v) is 10.1. The highest BCUT2D eigenvalue weighted by molar-refractivity contribution is 5.97. The van der Waals surface area contributed by atoms with Crippen LogP contribution in [0.1, 0.15) is 10.4 Å². The Morgan fingerprint density at radius 3 is 3.00 bits per heavy atom. The zero-order chi connectivity index (χ0) is 13.4. The average molecular weight is 257 g/mol. The first-order valence-corrected chi connectivity index (χ1v) is 5.63. The lowest BCUT2D eigenvalue weighted by atomic mass is 10.2. The van der Waals surface area contributed by atoms with Crippen molar-refractivity contribution >= 4 is 16.9 Å². The van der Waals surface area contributed by atoms with Crippen LogP contribution < -0.4 is 4.74 Å². The summed E-state index contributed by atoms with van der Waals surface area (Å²) in [6.07, 6.45) is 1.29. The molecule has 6 heteroatoms. The summed E-state index contributed by atoms with van der Waals surface area (Å²) in [5.41, 5.74) is 2.07. The van der Waals surface area contributed by atoms with E-state index in [4.69, 9.17) is 9.84 Å². The van der Waals surface area contributed by atoms with E-state index in [1.54, 1.807) is 7.11 Å². The molecule has 6 nitrogen and oxygen atoms in total. The number of benzene rings is 1. The molecule has 3 N–H and O–H groups in total. The van der Waals surface area contributed by atoms with Gasteiger partial charge in [0.25, 0.3) is 0 Å². The maximum absolute atomic E-state index is 11.1. The molecule has 0 aliphatic rings. The first kappa shape index (κ1) is 11.3. The molecule has 2 heterocycles. The fourth-order valence-corrected chi connectivity index (χ4v) is 2.09. The molecule has 0 aliphatic heterocycles. The Morgan fingerprint density at radius 1 is 1.42 bits per heavy atom. The van der Waals surface area contributed by atoms with Crippen LogP contribution in [0.2, 0.25) is 0 Å². The highest BCUT2D eigenvalue weighted by Crippen LogP contribution is 2.30. The summed E-state index contributed by atoms with van der Waals surface area (Å²) in [5, 5.41) is 16.5. The van der Waals surface area contributed by atoms with Crippen molar-refractivity contribution in [1.82, 2.24) is 15.2 Å². The van der Waals surface area contributed by atoms with E-state index in [0.29, 0.717) is 17.1 Å². The van der Waals surface area contributed by atoms with Gasteiger partial charge >= 0.3 is 5.97 Å². The monoisotopic (exact) mass is 257 g/mol. The molecule has 2 aromatic heterocycles. The van der Waals surface area contributed by atoms with Crippen LogP contribution in [0.3, 0.4) is 0 Å². The average Bonchev–Trinajstić information content (AvgIpc) is 3.03. The van der Waals surface area contributed by atoms with Crippen molar-refractivity contribution in [3.05, 3.63) is 36.0 Å². The molecule has 96 valence electrons. The largest absolute Gasteiger partial charge is 0.495 e. The van der Waals surface area contributed by atoms with Gasteiger partial charge in [-0.25, -0.2) is 4.79 Å². The summed E-state index contributed by atoms with van der Waals surface area (Å²) >= 11 is 0. The second kappa shape index (κ2) is 4.16. The number of ether oxygens (including phenoxy) is 1. The number of carboxylic acid groups (broad SMARTS) is 1. The Hall–Kier alpha value is -2.76. The minimum Gasteiger partial charge on any atom is -0.495 e. The van der Waals surface area contributed by atoms with E-state index in [1.165, 1.54) is 6.20 Å². The second-order valence-corrected chi connectivity index (χ2v) is 4.07. The van der Waals surface area contributed by atoms with Gasteiger partial charge in [0.2, 0.25) is 0 Å². The molecule has 0 bridgehead atoms. The Labute approximate surface area is 108 Å². The standard InChI is InChI=1S/C13H11N3O3/c1-19-10-4-2-3-7-5-9(15-11(7)10)12-8(13(17)18)6-14-16-12/h2-6,15H,1H3,(H,14,16)(H,17,18). The van der Waals surface area contributed by atoms with Crippen LogP contribution in [0.15, 0.2) is 30.5 Å². The van der Waals surface area contributed by atoms with Crippen molar-refractivity contribution in [3.8, 4) is 17.1 Å². The molecule has 19 heavy (non-hydrogen) atoms. The topological polar surface area (TPSA) is 91.0 Å². The lowest BCUT2D eigenvalue weighted by molar-refractivity contribution is 0.0698. The van der Waals surface area contributed by atoms with Crippen LogP contribution in [0.25, 0.3) is 22.3 Å². The summed E-state index contributed by atoms with van der Waals surface area (Å²) in [6, 6.07) is 7.50. The third-order valence-corrected chi connectivity index (χ3v) is 2.98. The van der Waals surface area contributed by atoms with Crippen molar-refractivity contribution in [2.24, 2.45) is 0 Å². The van der Waals surface area contributed by atoms with Crippen molar-refractivity contribution < 1.29 is 14.6 Å². The van der Waals surface area contributed by atoms with E-state index in [-0.39, 0.29) is 5.56 Å². The molecule has 0 radical (unpaired) electrons. The fraction of sp³-hybridized carbons (Fsp3) is 0.0769. The summed E-state index contributed by atoms with van der Waals surface area (Å²) in [7, 11) is 1.59. The van der Waals surface area contributed by atoms with Gasteiger partial charge in [0.1, 0.15) is 11.3 Å². The second-order valence-electron chi connectivity index (χ2n) is 4.07. The normalized spacial score (nSPS) is 10.8. The third-order valence-electron chi connectivity index (χ3n) is 2.98. The Bertz CT molecular complexity index is 757. The summed E-state index contributed by atoms with van der Waals surface area (Å²) in [5.74, 6) is -0.311. The predicted octanol–water partition coefficient (Wildman–Crippen LogP) is 2.26. The van der Waals surface area contributed by atoms with Gasteiger partial charge < -0.3 is 14.8 Å². The number of aromatic carboxylic acids is 1. The smallest absolute Gasteiger partial charge is 0.339 e. The summed E-state index contributed by atoms with van der Waals surface area (Å²) in [6.45, 7) is 0. The van der Waals surface area contributed by atoms with Crippen LogP contribution in [0.4, 0.5) is 0 Å². The lowest BCUT2D eigenvalue weighted by Crippen LogP contribution is -1.96. The molecule has 0 saturated carbocycles. The number of aromatic amines is 2. The molecule has 3 aromatic rings. The van der Waals surface area contributed by atoms with Crippen LogP contribution in [-0.4, -0.2) is 33.4 Å². The first-order valence-electron chi connectivity index (χ1n) is 5.63. The number of nitrogens with zero attached hydrogens (tertiary/aromatic N) is 1. The number of fused-ring (bicyclic) bond motifs is 1. The third kappa shape index (κ3) is 1.74. The maximum atomic E-state index is 11.1. The number of carboxylic acids is 1. The highest BCUT2D eigenvalue weighted by Gasteiger charge is 2.16. The van der Waals surface area contributed by atoms with Gasteiger partial charge in [0.15, 0.2) is 0 Å². The van der Waals surface area contributed by atoms with Gasteiger partial charge in [0.05, 0.1) is 30.2 Å².